The Bertz CT molecular complexity index is 1370. The van der Waals surface area contributed by atoms with E-state index in [0.717, 1.165) is 42.7 Å². The number of aromatic hydroxyl groups is 1. The molecule has 2 heterocycles. The van der Waals surface area contributed by atoms with Crippen LogP contribution in [-0.2, 0) is 13.0 Å². The third-order valence-electron chi connectivity index (χ3n) is 6.84. The zero-order chi connectivity index (χ0) is 26.9. The normalized spacial score (nSPS) is 16.8. The fourth-order valence-electron chi connectivity index (χ4n) is 4.53. The van der Waals surface area contributed by atoms with Gasteiger partial charge in [0.2, 0.25) is 5.75 Å². The van der Waals surface area contributed by atoms with Gasteiger partial charge in [-0.15, -0.1) is 0 Å². The Labute approximate surface area is 222 Å². The first-order chi connectivity index (χ1) is 18.4. The molecular weight excluding hydrogens is 481 g/mol. The quantitative estimate of drug-likeness (QED) is 0.379. The molecule has 3 N–H and O–H groups in total. The molecule has 196 valence electrons. The number of nitriles is 1. The van der Waals surface area contributed by atoms with Crippen molar-refractivity contribution in [1.82, 2.24) is 20.2 Å². The van der Waals surface area contributed by atoms with Crippen molar-refractivity contribution in [1.29, 1.82) is 5.26 Å². The first kappa shape index (κ1) is 27.1. The molecule has 1 saturated heterocycles. The van der Waals surface area contributed by atoms with Crippen LogP contribution in [0.3, 0.4) is 0 Å². The summed E-state index contributed by atoms with van der Waals surface area (Å²) < 4.78 is 13.0. The summed E-state index contributed by atoms with van der Waals surface area (Å²) in [6.07, 6.45) is 2.54. The van der Waals surface area contributed by atoms with Gasteiger partial charge in [-0.2, -0.15) is 5.26 Å². The molecule has 1 fully saturated rings. The minimum absolute atomic E-state index is 0.127. The summed E-state index contributed by atoms with van der Waals surface area (Å²) in [5, 5.41) is 22.4. The van der Waals surface area contributed by atoms with Crippen LogP contribution in [0.1, 0.15) is 47.2 Å². The lowest BCUT2D eigenvalue weighted by Crippen LogP contribution is -2.32. The van der Waals surface area contributed by atoms with Gasteiger partial charge in [0.25, 0.3) is 5.56 Å². The van der Waals surface area contributed by atoms with E-state index in [1.54, 1.807) is 6.92 Å². The van der Waals surface area contributed by atoms with Gasteiger partial charge in [0, 0.05) is 49.1 Å². The molecule has 0 spiro atoms. The molecular formula is C30H32FN5O2. The van der Waals surface area contributed by atoms with Crippen molar-refractivity contribution in [2.45, 2.75) is 38.3 Å². The van der Waals surface area contributed by atoms with Crippen LogP contribution in [0.4, 0.5) is 4.39 Å². The number of hydrogen-bond acceptors (Lipinski definition) is 6. The second-order valence-electron chi connectivity index (χ2n) is 9.81. The number of hydrogen-bond donors (Lipinski definition) is 3. The van der Waals surface area contributed by atoms with Crippen molar-refractivity contribution in [2.24, 2.45) is 5.92 Å². The van der Waals surface area contributed by atoms with Gasteiger partial charge in [-0.25, -0.2) is 9.37 Å². The van der Waals surface area contributed by atoms with Crippen LogP contribution in [0, 0.1) is 29.1 Å². The SMILES string of the molecule is C[C@@H](CF)NC[C@H](Cc1nc[nH]c(=O)c1O)c1ccc(C#Cc2ccc(CN3CC[C@H](C#N)C3)cc2)cc1. The van der Waals surface area contributed by atoms with Crippen LogP contribution in [0.15, 0.2) is 59.7 Å². The van der Waals surface area contributed by atoms with Gasteiger partial charge in [0.1, 0.15) is 6.67 Å². The Morgan fingerprint density at radius 2 is 1.87 bits per heavy atom. The highest BCUT2D eigenvalue weighted by molar-refractivity contribution is 5.44. The number of nitrogens with one attached hydrogen (secondary N) is 2. The summed E-state index contributed by atoms with van der Waals surface area (Å²) in [7, 11) is 0. The number of rotatable bonds is 9. The van der Waals surface area contributed by atoms with E-state index in [4.69, 9.17) is 5.26 Å². The first-order valence-corrected chi connectivity index (χ1v) is 12.8. The second-order valence-corrected chi connectivity index (χ2v) is 9.81. The highest BCUT2D eigenvalue weighted by atomic mass is 19.1. The van der Waals surface area contributed by atoms with E-state index in [0.29, 0.717) is 18.7 Å². The third kappa shape index (κ3) is 7.29. The molecule has 0 amide bonds. The van der Waals surface area contributed by atoms with E-state index < -0.39 is 18.0 Å². The molecule has 1 aliphatic rings. The molecule has 4 rings (SSSR count). The topological polar surface area (TPSA) is 105 Å². The lowest BCUT2D eigenvalue weighted by Gasteiger charge is -2.20. The fourth-order valence-corrected chi connectivity index (χ4v) is 4.53. The Morgan fingerprint density at radius 1 is 1.18 bits per heavy atom. The summed E-state index contributed by atoms with van der Waals surface area (Å²) >= 11 is 0. The van der Waals surface area contributed by atoms with Crippen LogP contribution in [-0.4, -0.2) is 52.3 Å². The van der Waals surface area contributed by atoms with Crippen molar-refractivity contribution in [3.63, 3.8) is 0 Å². The second kappa shape index (κ2) is 13.0. The Morgan fingerprint density at radius 3 is 2.50 bits per heavy atom. The largest absolute Gasteiger partial charge is 0.502 e. The van der Waals surface area contributed by atoms with Crippen LogP contribution in [0.25, 0.3) is 0 Å². The summed E-state index contributed by atoms with van der Waals surface area (Å²) in [5.74, 6) is 6.03. The van der Waals surface area contributed by atoms with E-state index in [1.807, 2.05) is 36.4 Å². The molecule has 0 aliphatic carbocycles. The highest BCUT2D eigenvalue weighted by Crippen LogP contribution is 2.23. The van der Waals surface area contributed by atoms with Crippen molar-refractivity contribution in [3.8, 4) is 23.7 Å². The zero-order valence-corrected chi connectivity index (χ0v) is 21.5. The molecule has 1 aromatic heterocycles. The molecule has 3 aromatic rings. The first-order valence-electron chi connectivity index (χ1n) is 12.8. The number of halogens is 1. The summed E-state index contributed by atoms with van der Waals surface area (Å²) in [4.78, 5) is 20.6. The van der Waals surface area contributed by atoms with Gasteiger partial charge < -0.3 is 15.4 Å². The molecule has 0 radical (unpaired) electrons. The number of alkyl halides is 1. The lowest BCUT2D eigenvalue weighted by molar-refractivity contribution is 0.325. The smallest absolute Gasteiger partial charge is 0.293 e. The van der Waals surface area contributed by atoms with Gasteiger partial charge in [-0.1, -0.05) is 36.1 Å². The van der Waals surface area contributed by atoms with E-state index in [1.165, 1.54) is 11.9 Å². The van der Waals surface area contributed by atoms with Crippen molar-refractivity contribution >= 4 is 0 Å². The minimum Gasteiger partial charge on any atom is -0.502 e. The predicted octanol–water partition coefficient (Wildman–Crippen LogP) is 3.49. The van der Waals surface area contributed by atoms with Crippen molar-refractivity contribution in [2.75, 3.05) is 26.3 Å². The number of nitrogens with zero attached hydrogens (tertiary/aromatic N) is 3. The maximum absolute atomic E-state index is 13.0. The van der Waals surface area contributed by atoms with Crippen molar-refractivity contribution < 1.29 is 9.50 Å². The Kier molecular flexibility index (Phi) is 9.26. The molecule has 38 heavy (non-hydrogen) atoms. The van der Waals surface area contributed by atoms with Crippen LogP contribution >= 0.6 is 0 Å². The number of aromatic amines is 1. The average molecular weight is 514 g/mol. The van der Waals surface area contributed by atoms with E-state index in [9.17, 15) is 14.3 Å². The monoisotopic (exact) mass is 513 g/mol. The van der Waals surface area contributed by atoms with Gasteiger partial charge >= 0.3 is 0 Å². The average Bonchev–Trinajstić information content (AvgIpc) is 3.40. The van der Waals surface area contributed by atoms with Gasteiger partial charge in [0.05, 0.1) is 24.0 Å². The molecule has 7 nitrogen and oxygen atoms in total. The van der Waals surface area contributed by atoms with Crippen LogP contribution < -0.4 is 10.9 Å². The van der Waals surface area contributed by atoms with Crippen molar-refractivity contribution in [3.05, 3.63) is 93.2 Å². The number of likely N-dealkylation sites (tertiary alicyclic amines) is 1. The minimum atomic E-state index is -0.582. The Hall–Kier alpha value is -3.98. The molecule has 8 heteroatoms. The van der Waals surface area contributed by atoms with E-state index >= 15 is 0 Å². The third-order valence-corrected chi connectivity index (χ3v) is 6.84. The number of H-pyrrole nitrogens is 1. The summed E-state index contributed by atoms with van der Waals surface area (Å²) in [6, 6.07) is 18.1. The standard InChI is InChI=1S/C30H32FN5O2/c1-21(15-31)33-17-27(14-28-29(37)30(38)35-20-34-28)26-10-8-23(9-11-26)3-2-22-4-6-24(7-5-22)18-36-13-12-25(16-32)19-36/h4-11,20-21,25,27,33,37H,12-15,17-19H2,1H3,(H,34,35,38)/t21-,25+,27-/m0/s1. The number of benzene rings is 2. The van der Waals surface area contributed by atoms with Crippen LogP contribution in [0.2, 0.25) is 0 Å². The van der Waals surface area contributed by atoms with Gasteiger partial charge in [0.15, 0.2) is 0 Å². The van der Waals surface area contributed by atoms with Gasteiger partial charge in [-0.3, -0.25) is 9.69 Å². The van der Waals surface area contributed by atoms with E-state index in [2.05, 4.69) is 50.2 Å². The predicted molar refractivity (Wildman–Crippen MR) is 144 cm³/mol. The van der Waals surface area contributed by atoms with E-state index in [-0.39, 0.29) is 17.9 Å². The fraction of sp³-hybridized carbons (Fsp3) is 0.367. The molecule has 0 unspecified atom stereocenters. The van der Waals surface area contributed by atoms with Crippen LogP contribution in [0.5, 0.6) is 5.75 Å². The Balaban J connectivity index is 1.42. The van der Waals surface area contributed by atoms with Gasteiger partial charge in [-0.05, 0) is 55.3 Å². The lowest BCUT2D eigenvalue weighted by atomic mass is 9.92. The molecule has 0 bridgehead atoms. The maximum Gasteiger partial charge on any atom is 0.293 e. The summed E-state index contributed by atoms with van der Waals surface area (Å²) in [6.45, 7) is 4.38. The summed E-state index contributed by atoms with van der Waals surface area (Å²) in [5.41, 5.74) is 3.68. The molecule has 2 aromatic carbocycles. The maximum atomic E-state index is 13.0. The highest BCUT2D eigenvalue weighted by Gasteiger charge is 2.22. The number of aromatic nitrogens is 2. The zero-order valence-electron chi connectivity index (χ0n) is 21.5. The molecule has 3 atom stereocenters. The molecule has 1 aliphatic heterocycles. The molecule has 0 saturated carbocycles.